The minimum absolute atomic E-state index is 0.315. The Labute approximate surface area is 109 Å². The maximum Gasteiger partial charge on any atom is 0.119 e. The predicted octanol–water partition coefficient (Wildman–Crippen LogP) is 2.56. The summed E-state index contributed by atoms with van der Waals surface area (Å²) in [5, 5.41) is 10.6. The van der Waals surface area contributed by atoms with Crippen molar-refractivity contribution in [2.75, 3.05) is 14.2 Å². The number of methoxy groups -OCH3 is 2. The van der Waals surface area contributed by atoms with Gasteiger partial charge in [-0.25, -0.2) is 0 Å². The number of hydrogen-bond acceptors (Lipinski definition) is 3. The van der Waals surface area contributed by atoms with Gasteiger partial charge in [0.15, 0.2) is 0 Å². The van der Waals surface area contributed by atoms with E-state index in [9.17, 15) is 5.11 Å². The van der Waals surface area contributed by atoms with E-state index in [-0.39, 0.29) is 0 Å². The summed E-state index contributed by atoms with van der Waals surface area (Å²) in [6.45, 7) is 0. The number of aliphatic hydroxyl groups is 1. The molecule has 0 spiro atoms. The third-order valence-electron chi connectivity index (χ3n) is 3.86. The second kappa shape index (κ2) is 5.72. The molecule has 100 valence electrons. The van der Waals surface area contributed by atoms with E-state index in [2.05, 4.69) is 0 Å². The van der Waals surface area contributed by atoms with Crippen molar-refractivity contribution in [3.8, 4) is 5.75 Å². The maximum absolute atomic E-state index is 10.6. The van der Waals surface area contributed by atoms with Gasteiger partial charge in [-0.2, -0.15) is 0 Å². The van der Waals surface area contributed by atoms with Crippen molar-refractivity contribution in [1.29, 1.82) is 0 Å². The molecule has 3 heteroatoms. The summed E-state index contributed by atoms with van der Waals surface area (Å²) in [5.74, 6) is 0.849. The quantitative estimate of drug-likeness (QED) is 0.892. The van der Waals surface area contributed by atoms with Crippen LogP contribution in [-0.4, -0.2) is 31.0 Å². The zero-order chi connectivity index (χ0) is 13.0. The van der Waals surface area contributed by atoms with Crippen LogP contribution < -0.4 is 4.74 Å². The molecule has 0 aromatic heterocycles. The lowest BCUT2D eigenvalue weighted by molar-refractivity contribution is -0.0427. The summed E-state index contributed by atoms with van der Waals surface area (Å²) in [6.07, 6.45) is 4.51. The zero-order valence-electron chi connectivity index (χ0n) is 11.2. The standard InChI is InChI=1S/C15H22O3/c1-17-13-6-8-15(16,9-7-13)11-12-4-3-5-14(10-12)18-2/h3-5,10,13,16H,6-9,11H2,1-2H3. The van der Waals surface area contributed by atoms with Gasteiger partial charge in [0.2, 0.25) is 0 Å². The van der Waals surface area contributed by atoms with E-state index in [1.807, 2.05) is 24.3 Å². The molecule has 0 saturated heterocycles. The molecule has 1 aliphatic carbocycles. The Morgan fingerprint density at radius 1 is 1.28 bits per heavy atom. The van der Waals surface area contributed by atoms with Crippen LogP contribution in [0.25, 0.3) is 0 Å². The van der Waals surface area contributed by atoms with E-state index in [0.29, 0.717) is 12.5 Å². The van der Waals surface area contributed by atoms with Gasteiger partial charge in [0.25, 0.3) is 0 Å². The van der Waals surface area contributed by atoms with Crippen LogP contribution in [0.1, 0.15) is 31.2 Å². The van der Waals surface area contributed by atoms with Crippen molar-refractivity contribution in [1.82, 2.24) is 0 Å². The fourth-order valence-corrected chi connectivity index (χ4v) is 2.70. The molecule has 1 fully saturated rings. The normalized spacial score (nSPS) is 28.1. The monoisotopic (exact) mass is 250 g/mol. The molecule has 3 nitrogen and oxygen atoms in total. The van der Waals surface area contributed by atoms with Crippen molar-refractivity contribution >= 4 is 0 Å². The van der Waals surface area contributed by atoms with Gasteiger partial charge < -0.3 is 14.6 Å². The van der Waals surface area contributed by atoms with Crippen molar-refractivity contribution in [2.24, 2.45) is 0 Å². The fraction of sp³-hybridized carbons (Fsp3) is 0.600. The Kier molecular flexibility index (Phi) is 4.25. The Morgan fingerprint density at radius 3 is 2.61 bits per heavy atom. The summed E-state index contributed by atoms with van der Waals surface area (Å²) in [7, 11) is 3.41. The Hall–Kier alpha value is -1.06. The lowest BCUT2D eigenvalue weighted by Crippen LogP contribution is -2.38. The van der Waals surface area contributed by atoms with Crippen LogP contribution in [0.2, 0.25) is 0 Å². The van der Waals surface area contributed by atoms with Crippen molar-refractivity contribution < 1.29 is 14.6 Å². The van der Waals surface area contributed by atoms with Gasteiger partial charge in [0.1, 0.15) is 5.75 Å². The van der Waals surface area contributed by atoms with E-state index in [4.69, 9.17) is 9.47 Å². The Balaban J connectivity index is 1.99. The largest absolute Gasteiger partial charge is 0.497 e. The number of rotatable bonds is 4. The zero-order valence-corrected chi connectivity index (χ0v) is 11.2. The summed E-state index contributed by atoms with van der Waals surface area (Å²) in [4.78, 5) is 0. The molecule has 1 N–H and O–H groups in total. The lowest BCUT2D eigenvalue weighted by Gasteiger charge is -2.35. The van der Waals surface area contributed by atoms with Crippen LogP contribution in [0.15, 0.2) is 24.3 Å². The molecule has 0 radical (unpaired) electrons. The van der Waals surface area contributed by atoms with E-state index in [1.54, 1.807) is 14.2 Å². The third-order valence-corrected chi connectivity index (χ3v) is 3.86. The maximum atomic E-state index is 10.6. The number of ether oxygens (including phenoxy) is 2. The molecule has 1 aromatic rings. The smallest absolute Gasteiger partial charge is 0.119 e. The summed E-state index contributed by atoms with van der Waals surface area (Å²) in [6, 6.07) is 7.94. The second-order valence-corrected chi connectivity index (χ2v) is 5.19. The average molecular weight is 250 g/mol. The molecule has 0 aliphatic heterocycles. The molecule has 1 aliphatic rings. The van der Waals surface area contributed by atoms with Crippen LogP contribution >= 0.6 is 0 Å². The first-order chi connectivity index (χ1) is 8.65. The first kappa shape index (κ1) is 13.4. The van der Waals surface area contributed by atoms with Gasteiger partial charge >= 0.3 is 0 Å². The summed E-state index contributed by atoms with van der Waals surface area (Å²) >= 11 is 0. The Bertz CT molecular complexity index is 381. The molecule has 2 rings (SSSR count). The van der Waals surface area contributed by atoms with Gasteiger partial charge in [-0.1, -0.05) is 12.1 Å². The van der Waals surface area contributed by atoms with E-state index in [0.717, 1.165) is 37.0 Å². The van der Waals surface area contributed by atoms with Crippen LogP contribution in [0.5, 0.6) is 5.75 Å². The highest BCUT2D eigenvalue weighted by Gasteiger charge is 2.33. The molecule has 0 atom stereocenters. The van der Waals surface area contributed by atoms with E-state index < -0.39 is 5.60 Å². The number of benzene rings is 1. The third kappa shape index (κ3) is 3.24. The SMILES string of the molecule is COc1cccc(CC2(O)CCC(OC)CC2)c1. The van der Waals surface area contributed by atoms with Crippen molar-refractivity contribution in [2.45, 2.75) is 43.8 Å². The van der Waals surface area contributed by atoms with Crippen LogP contribution in [0.3, 0.4) is 0 Å². The van der Waals surface area contributed by atoms with Gasteiger partial charge in [-0.15, -0.1) is 0 Å². The topological polar surface area (TPSA) is 38.7 Å². The van der Waals surface area contributed by atoms with Gasteiger partial charge in [-0.05, 0) is 43.4 Å². The minimum Gasteiger partial charge on any atom is -0.497 e. The molecule has 1 saturated carbocycles. The highest BCUT2D eigenvalue weighted by atomic mass is 16.5. The molecule has 0 amide bonds. The highest BCUT2D eigenvalue weighted by Crippen LogP contribution is 2.33. The number of hydrogen-bond donors (Lipinski definition) is 1. The molecule has 0 unspecified atom stereocenters. The van der Waals surface area contributed by atoms with Gasteiger partial charge in [0.05, 0.1) is 18.8 Å². The molecule has 0 bridgehead atoms. The molecule has 0 heterocycles. The average Bonchev–Trinajstić information content (AvgIpc) is 2.39. The van der Waals surface area contributed by atoms with Crippen LogP contribution in [0, 0.1) is 0 Å². The first-order valence-corrected chi connectivity index (χ1v) is 6.53. The first-order valence-electron chi connectivity index (χ1n) is 6.53. The predicted molar refractivity (Wildman–Crippen MR) is 70.9 cm³/mol. The minimum atomic E-state index is -0.582. The van der Waals surface area contributed by atoms with Gasteiger partial charge in [0, 0.05) is 13.5 Å². The summed E-state index contributed by atoms with van der Waals surface area (Å²) < 4.78 is 10.5. The molecule has 18 heavy (non-hydrogen) atoms. The fourth-order valence-electron chi connectivity index (χ4n) is 2.70. The lowest BCUT2D eigenvalue weighted by atomic mass is 9.79. The molecular weight excluding hydrogens is 228 g/mol. The van der Waals surface area contributed by atoms with Crippen LogP contribution in [-0.2, 0) is 11.2 Å². The van der Waals surface area contributed by atoms with Crippen molar-refractivity contribution in [3.63, 3.8) is 0 Å². The highest BCUT2D eigenvalue weighted by molar-refractivity contribution is 5.29. The van der Waals surface area contributed by atoms with E-state index >= 15 is 0 Å². The molecule has 1 aromatic carbocycles. The second-order valence-electron chi connectivity index (χ2n) is 5.19. The summed E-state index contributed by atoms with van der Waals surface area (Å²) in [5.41, 5.74) is 0.550. The van der Waals surface area contributed by atoms with Crippen LogP contribution in [0.4, 0.5) is 0 Å². The van der Waals surface area contributed by atoms with Gasteiger partial charge in [-0.3, -0.25) is 0 Å². The van der Waals surface area contributed by atoms with Crippen molar-refractivity contribution in [3.05, 3.63) is 29.8 Å². The van der Waals surface area contributed by atoms with E-state index in [1.165, 1.54) is 0 Å². The molecular formula is C15H22O3. The Morgan fingerprint density at radius 2 is 2.00 bits per heavy atom.